The van der Waals surface area contributed by atoms with E-state index >= 15 is 0 Å². The number of piperazine rings is 1. The van der Waals surface area contributed by atoms with Gasteiger partial charge < -0.3 is 14.4 Å². The molecule has 0 unspecified atom stereocenters. The monoisotopic (exact) mass is 428 g/mol. The van der Waals surface area contributed by atoms with Crippen LogP contribution in [-0.2, 0) is 14.3 Å². The number of fused-ring (bicyclic) bond motifs is 2. The minimum atomic E-state index is -0.201. The maximum atomic E-state index is 13.2. The highest BCUT2D eigenvalue weighted by molar-refractivity contribution is 5.76. The molecule has 1 spiro atoms. The Morgan fingerprint density at radius 1 is 1.16 bits per heavy atom. The molecule has 0 bridgehead atoms. The number of nitrogens with zero attached hydrogens (tertiary/aromatic N) is 2. The minimum Gasteiger partial charge on any atom is -0.462 e. The van der Waals surface area contributed by atoms with E-state index in [1.54, 1.807) is 0 Å². The zero-order chi connectivity index (χ0) is 21.4. The van der Waals surface area contributed by atoms with E-state index in [1.807, 2.05) is 12.1 Å². The molecule has 31 heavy (non-hydrogen) atoms. The summed E-state index contributed by atoms with van der Waals surface area (Å²) in [5.41, 5.74) is 1.18. The van der Waals surface area contributed by atoms with Crippen LogP contribution in [0.15, 0.2) is 24.3 Å². The number of benzene rings is 1. The van der Waals surface area contributed by atoms with E-state index < -0.39 is 0 Å². The third kappa shape index (κ3) is 2.90. The van der Waals surface area contributed by atoms with Crippen LogP contribution in [0.3, 0.4) is 0 Å². The molecular weight excluding hydrogens is 395 g/mol. The number of hydrogen-bond acceptors (Lipinski definition) is 5. The van der Waals surface area contributed by atoms with Gasteiger partial charge in [0, 0.05) is 49.7 Å². The molecule has 0 radical (unpaired) electrons. The summed E-state index contributed by atoms with van der Waals surface area (Å²) in [5.74, 6) is 0.471. The number of halogens is 1. The first-order valence-electron chi connectivity index (χ1n) is 12.0. The molecule has 3 saturated heterocycles. The first kappa shape index (κ1) is 20.0. The van der Waals surface area contributed by atoms with Crippen LogP contribution in [0, 0.1) is 29.0 Å². The Hall–Kier alpha value is -1.66. The highest BCUT2D eigenvalue weighted by Crippen LogP contribution is 2.70. The van der Waals surface area contributed by atoms with Crippen LogP contribution in [0.25, 0.3) is 0 Å². The van der Waals surface area contributed by atoms with Gasteiger partial charge in [0.2, 0.25) is 0 Å². The second kappa shape index (κ2) is 6.92. The van der Waals surface area contributed by atoms with Gasteiger partial charge in [-0.1, -0.05) is 20.3 Å². The molecule has 2 saturated carbocycles. The zero-order valence-corrected chi connectivity index (χ0v) is 18.6. The van der Waals surface area contributed by atoms with Crippen LogP contribution in [0.5, 0.6) is 0 Å². The van der Waals surface area contributed by atoms with Gasteiger partial charge in [0.05, 0.1) is 12.0 Å². The molecule has 6 rings (SSSR count). The van der Waals surface area contributed by atoms with Crippen molar-refractivity contribution in [1.82, 2.24) is 4.90 Å². The van der Waals surface area contributed by atoms with E-state index in [0.29, 0.717) is 5.92 Å². The Labute approximate surface area is 183 Å². The van der Waals surface area contributed by atoms with Gasteiger partial charge in [-0.05, 0) is 49.4 Å². The number of carbonyl (C=O) groups excluding carboxylic acids is 1. The molecule has 6 heteroatoms. The van der Waals surface area contributed by atoms with Crippen molar-refractivity contribution in [2.75, 3.05) is 37.6 Å². The van der Waals surface area contributed by atoms with Gasteiger partial charge in [-0.2, -0.15) is 0 Å². The van der Waals surface area contributed by atoms with Gasteiger partial charge in [0.1, 0.15) is 17.5 Å². The molecule has 1 aromatic carbocycles. The number of rotatable bonds is 3. The molecule has 0 amide bonds. The average molecular weight is 429 g/mol. The average Bonchev–Trinajstić information content (AvgIpc) is 3.44. The predicted octanol–water partition coefficient (Wildman–Crippen LogP) is 3.47. The van der Waals surface area contributed by atoms with E-state index in [-0.39, 0.29) is 46.8 Å². The first-order valence-corrected chi connectivity index (χ1v) is 12.0. The SMILES string of the molecule is C[C@@H]1CCC[C@@]2(C)C[C@H]3OC(=O)[C@@H](CN4CCN(c5ccc(F)cc5)CC4)[C@@H]3[C@@H]3O[C@]132. The molecule has 3 heterocycles. The molecule has 5 aliphatic rings. The van der Waals surface area contributed by atoms with Crippen LogP contribution in [0.2, 0.25) is 0 Å². The van der Waals surface area contributed by atoms with Gasteiger partial charge in [0.25, 0.3) is 0 Å². The number of epoxide rings is 1. The number of ether oxygens (including phenoxy) is 2. The topological polar surface area (TPSA) is 45.3 Å². The predicted molar refractivity (Wildman–Crippen MR) is 115 cm³/mol. The number of anilines is 1. The highest BCUT2D eigenvalue weighted by atomic mass is 19.1. The maximum Gasteiger partial charge on any atom is 0.311 e. The summed E-state index contributed by atoms with van der Waals surface area (Å²) < 4.78 is 25.8. The fourth-order valence-corrected chi connectivity index (χ4v) is 7.56. The van der Waals surface area contributed by atoms with E-state index in [9.17, 15) is 9.18 Å². The fraction of sp³-hybridized carbons (Fsp3) is 0.720. The van der Waals surface area contributed by atoms with Crippen molar-refractivity contribution in [2.24, 2.45) is 23.2 Å². The van der Waals surface area contributed by atoms with Gasteiger partial charge in [0.15, 0.2) is 0 Å². The van der Waals surface area contributed by atoms with Crippen molar-refractivity contribution in [3.63, 3.8) is 0 Å². The Morgan fingerprint density at radius 3 is 2.65 bits per heavy atom. The Bertz CT molecular complexity index is 870. The van der Waals surface area contributed by atoms with Crippen LogP contribution in [0.1, 0.15) is 39.5 Å². The van der Waals surface area contributed by atoms with E-state index in [4.69, 9.17) is 9.47 Å². The van der Waals surface area contributed by atoms with Gasteiger partial charge in [-0.3, -0.25) is 9.69 Å². The van der Waals surface area contributed by atoms with Crippen molar-refractivity contribution in [2.45, 2.75) is 57.3 Å². The largest absolute Gasteiger partial charge is 0.462 e. The van der Waals surface area contributed by atoms with Gasteiger partial charge >= 0.3 is 5.97 Å². The summed E-state index contributed by atoms with van der Waals surface area (Å²) in [6.45, 7) is 9.07. The molecule has 5 fully saturated rings. The molecule has 3 aliphatic heterocycles. The van der Waals surface area contributed by atoms with E-state index in [1.165, 1.54) is 31.4 Å². The summed E-state index contributed by atoms with van der Waals surface area (Å²) in [4.78, 5) is 17.6. The third-order valence-electron chi connectivity index (χ3n) is 9.21. The molecule has 168 valence electrons. The summed E-state index contributed by atoms with van der Waals surface area (Å²) in [6.07, 6.45) is 4.83. The molecular formula is C25H33FN2O3. The Balaban J connectivity index is 1.14. The number of esters is 1. The second-order valence-corrected chi connectivity index (χ2v) is 10.8. The van der Waals surface area contributed by atoms with Crippen LogP contribution >= 0.6 is 0 Å². The summed E-state index contributed by atoms with van der Waals surface area (Å²) in [6, 6.07) is 6.73. The van der Waals surface area contributed by atoms with Crippen molar-refractivity contribution in [3.8, 4) is 0 Å². The Morgan fingerprint density at radius 2 is 1.90 bits per heavy atom. The van der Waals surface area contributed by atoms with Gasteiger partial charge in [-0.25, -0.2) is 4.39 Å². The van der Waals surface area contributed by atoms with Crippen LogP contribution < -0.4 is 4.90 Å². The van der Waals surface area contributed by atoms with Crippen LogP contribution in [-0.4, -0.2) is 61.4 Å². The highest BCUT2D eigenvalue weighted by Gasteiger charge is 2.78. The van der Waals surface area contributed by atoms with Crippen LogP contribution in [0.4, 0.5) is 10.1 Å². The standard InChI is InChI=1S/C25H33FN2O3/c1-16-4-3-9-24(2)14-20-21(22-25(16,24)31-22)19(23(29)30-20)15-27-10-12-28(13-11-27)18-7-5-17(26)6-8-18/h5-8,16,19-22H,3-4,9-15H2,1-2H3/t16-,19+,20-,21+,22+,24+,25-/m1/s1. The summed E-state index contributed by atoms with van der Waals surface area (Å²) >= 11 is 0. The second-order valence-electron chi connectivity index (χ2n) is 10.8. The Kier molecular flexibility index (Phi) is 4.46. The van der Waals surface area contributed by atoms with Crippen molar-refractivity contribution < 1.29 is 18.7 Å². The lowest BCUT2D eigenvalue weighted by Crippen LogP contribution is -2.55. The normalized spacial score (nSPS) is 44.3. The van der Waals surface area contributed by atoms with Crippen molar-refractivity contribution in [1.29, 1.82) is 0 Å². The lowest BCUT2D eigenvalue weighted by atomic mass is 9.53. The van der Waals surface area contributed by atoms with E-state index in [2.05, 4.69) is 23.6 Å². The maximum absolute atomic E-state index is 13.2. The lowest BCUT2D eigenvalue weighted by molar-refractivity contribution is -0.146. The smallest absolute Gasteiger partial charge is 0.311 e. The summed E-state index contributed by atoms with van der Waals surface area (Å²) in [5, 5.41) is 0. The quantitative estimate of drug-likeness (QED) is 0.545. The number of carbonyl (C=O) groups is 1. The van der Waals surface area contributed by atoms with Crippen molar-refractivity contribution >= 4 is 11.7 Å². The summed E-state index contributed by atoms with van der Waals surface area (Å²) in [7, 11) is 0. The molecule has 1 aromatic rings. The van der Waals surface area contributed by atoms with E-state index in [0.717, 1.165) is 44.8 Å². The lowest BCUT2D eigenvalue weighted by Gasteiger charge is -2.49. The molecule has 7 atom stereocenters. The molecule has 2 aliphatic carbocycles. The molecule has 5 nitrogen and oxygen atoms in total. The molecule has 0 N–H and O–H groups in total. The fourth-order valence-electron chi connectivity index (χ4n) is 7.56. The number of hydrogen-bond donors (Lipinski definition) is 0. The minimum absolute atomic E-state index is 0.0171. The zero-order valence-electron chi connectivity index (χ0n) is 18.6. The molecule has 0 aromatic heterocycles. The van der Waals surface area contributed by atoms with Crippen molar-refractivity contribution in [3.05, 3.63) is 30.1 Å². The third-order valence-corrected chi connectivity index (χ3v) is 9.21. The first-order chi connectivity index (χ1) is 14.9. The van der Waals surface area contributed by atoms with Gasteiger partial charge in [-0.15, -0.1) is 0 Å².